The molecular formula is C16H52Al8O56S8. The van der Waals surface area contributed by atoms with Crippen LogP contribution in [-0.4, -0.2) is 396 Å². The maximum Gasteiger partial charge on any atom is 0.408 e. The van der Waals surface area contributed by atoms with Gasteiger partial charge in [0.05, 0.1) is 19.6 Å². The summed E-state index contributed by atoms with van der Waals surface area (Å²) in [7, 11) is -43.7. The van der Waals surface area contributed by atoms with Crippen LogP contribution in [0.1, 0.15) is 6.42 Å². The van der Waals surface area contributed by atoms with Crippen LogP contribution in [0.3, 0.4) is 0 Å². The van der Waals surface area contributed by atoms with Crippen molar-refractivity contribution in [3.8, 4) is 0 Å². The van der Waals surface area contributed by atoms with Gasteiger partial charge in [0.25, 0.3) is 0 Å². The molecule has 0 saturated carbocycles. The number of hydrogen-bond donors (Lipinski definition) is 3. The predicted molar refractivity (Wildman–Crippen MR) is 269 cm³/mol. The molecule has 56 nitrogen and oxygen atoms in total. The number of aliphatic carboxylic acids is 2. The summed E-state index contributed by atoms with van der Waals surface area (Å²) in [5.41, 5.74) is 0. The number of carbonyl (C=O) groups is 2. The number of carboxylic acid groups (broad SMARTS) is 2. The van der Waals surface area contributed by atoms with E-state index in [9.17, 15) is 76.9 Å². The monoisotopic (exact) mass is 1610 g/mol. The molecule has 72 heteroatoms. The van der Waals surface area contributed by atoms with Crippen molar-refractivity contribution in [1.82, 2.24) is 0 Å². The molecule has 0 spiro atoms. The first kappa shape index (κ1) is 130. The molecule has 2 rings (SSSR count). The second kappa shape index (κ2) is 54.4. The molecular weight excluding hydrogens is 1560 g/mol. The second-order valence-corrected chi connectivity index (χ2v) is 26.1. The van der Waals surface area contributed by atoms with Crippen LogP contribution in [0, 0.1) is 0 Å². The number of carboxylic acids is 2. The van der Waals surface area contributed by atoms with Gasteiger partial charge in [0.15, 0.2) is 24.6 Å². The van der Waals surface area contributed by atoms with E-state index in [1.807, 2.05) is 0 Å². The third-order valence-electron chi connectivity index (χ3n) is 7.25. The topological polar surface area (TPSA) is 1050 Å². The number of aliphatic hydroxyl groups is 1. The third-order valence-corrected chi connectivity index (χ3v) is 18.3. The second-order valence-electron chi connectivity index (χ2n) is 11.7. The van der Waals surface area contributed by atoms with Gasteiger partial charge >= 0.3 is 228 Å². The lowest BCUT2D eigenvalue weighted by molar-refractivity contribution is -0.374. The van der Waals surface area contributed by atoms with Gasteiger partial charge in [-0.25, -0.2) is 38.3 Å². The summed E-state index contributed by atoms with van der Waals surface area (Å²) in [4.78, 5) is 19.4. The molecule has 2 fully saturated rings. The molecule has 1 unspecified atom stereocenters. The fraction of sp³-hybridized carbons (Fsp3) is 0.875. The Morgan fingerprint density at radius 3 is 0.989 bits per heavy atom. The Bertz CT molecular complexity index is 2760. The standard InChI is InChI=1S/C12H22O35S8.C4H6O5.8Al.16H2O/c13-48(14,15)37-1-4-6(43-51(22,23)24)8(45-53(28,29)30)9(46-54(31,32)33)11(40-4)42-12(3-39-50(19,20)21)10(47-55(34,35)36)7(44-52(25,26)27)5(41-12)2-38-49(16,17)18;5-2(4(8)9)1-3(6)7;;;;;;;;;;;;;;;;;;;;;;;;/h4-11H,1-3H2,(H,13,14,15)(H,16,17,18)(H,19,20,21)(H,22,23,24)(H,25,26,27)(H,28,29,30)(H,31,32,33)(H,34,35,36);2,5H,1H2,(H,6,7)(H,8,9);;;;;;;;;16*1H2/q;;8*+1;;;;;;;;;;;;;;;;/p-8/t4-,5-,6-,7-,8+,9-,10+,11-,12+;;;;;;;;;;;;;;;;;;;;;;;;;/m1........................./s1. The Morgan fingerprint density at radius 1 is 0.398 bits per heavy atom. The van der Waals surface area contributed by atoms with Crippen molar-refractivity contribution in [3.05, 3.63) is 0 Å². The van der Waals surface area contributed by atoms with E-state index in [1.165, 1.54) is 33.2 Å². The van der Waals surface area contributed by atoms with E-state index in [-0.39, 0.29) is 87.6 Å². The number of ether oxygens (including phenoxy) is 3. The average Bonchev–Trinajstić information content (AvgIpc) is 3.55. The van der Waals surface area contributed by atoms with Crippen molar-refractivity contribution in [2.75, 3.05) is 19.8 Å². The SMILES string of the molecule is O.O.O.O.O.O.O.O.O.O.O.O.O.O.O.O.O=C(O)CC(O)C(=O)O.O=S(=O)([O][Al])OC[C@H]1O[C@@](COS(=O)(=O)[O][Al])(O[C@H]2O[C@H](COS(=O)(=O)[O][Al])[C@@H](OS(=O)(=O)[O][Al])[C@H](OS(=O)(=O)[O][Al])[C@H]2OS(=O)(=O)[O][Al])[C@@H](OS(=O)(=O)[O][Al])[C@@H]1OS(=O)(=O)[O][Al]. The summed E-state index contributed by atoms with van der Waals surface area (Å²) < 4.78 is 288. The third kappa shape index (κ3) is 44.2. The first-order valence-electron chi connectivity index (χ1n) is 16.2. The Kier molecular flexibility index (Phi) is 80.1. The molecule has 16 radical (unpaired) electrons. The maximum atomic E-state index is 12.9. The number of rotatable bonds is 32. The lowest BCUT2D eigenvalue weighted by atomic mass is 9.99. The summed E-state index contributed by atoms with van der Waals surface area (Å²) in [6, 6.07) is 0. The zero-order chi connectivity index (χ0) is 56.1. The fourth-order valence-corrected chi connectivity index (χ4v) is 9.62. The van der Waals surface area contributed by atoms with Crippen molar-refractivity contribution in [2.45, 2.75) is 67.3 Å². The first-order valence-corrected chi connectivity index (χ1v) is 30.7. The molecule has 10 atom stereocenters. The van der Waals surface area contributed by atoms with Crippen LogP contribution in [0.25, 0.3) is 0 Å². The van der Waals surface area contributed by atoms with Gasteiger partial charge in [-0.3, -0.25) is 4.79 Å². The Hall–Kier alpha value is 1.36. The van der Waals surface area contributed by atoms with Gasteiger partial charge in [0.1, 0.15) is 37.1 Å². The predicted octanol–water partition coefficient (Wildman–Crippen LogP) is -24.7. The van der Waals surface area contributed by atoms with E-state index < -0.39 is 182 Å². The molecule has 0 aromatic carbocycles. The highest BCUT2D eigenvalue weighted by atomic mass is 32.3. The van der Waals surface area contributed by atoms with Crippen LogP contribution >= 0.6 is 0 Å². The van der Waals surface area contributed by atoms with Crippen LogP contribution in [0.15, 0.2) is 0 Å². The van der Waals surface area contributed by atoms with E-state index in [1.54, 1.807) is 0 Å². The van der Waals surface area contributed by atoms with Crippen LogP contribution in [0.4, 0.5) is 0 Å². The van der Waals surface area contributed by atoms with Crippen LogP contribution in [-0.2, 0) is 166 Å². The lowest BCUT2D eigenvalue weighted by Crippen LogP contribution is -2.66. The highest BCUT2D eigenvalue weighted by Gasteiger charge is 2.65. The van der Waals surface area contributed by atoms with Crippen LogP contribution < -0.4 is 0 Å². The molecule has 88 heavy (non-hydrogen) atoms. The Morgan fingerprint density at radius 2 is 0.682 bits per heavy atom. The summed E-state index contributed by atoms with van der Waals surface area (Å²) >= 11 is 9.26. The average molecular weight is 1610 g/mol. The van der Waals surface area contributed by atoms with Gasteiger partial charge in [-0.1, -0.05) is 0 Å². The highest BCUT2D eigenvalue weighted by molar-refractivity contribution is 7.84. The zero-order valence-electron chi connectivity index (χ0n) is 41.9. The van der Waals surface area contributed by atoms with Crippen molar-refractivity contribution in [3.63, 3.8) is 0 Å². The lowest BCUT2D eigenvalue weighted by Gasteiger charge is -2.46. The number of aliphatic hydroxyl groups excluding tert-OH is 1. The molecule has 2 aliphatic heterocycles. The molecule has 524 valence electrons. The molecule has 35 N–H and O–H groups in total. The molecule has 2 aliphatic rings. The van der Waals surface area contributed by atoms with Gasteiger partial charge in [0, 0.05) is 0 Å². The largest absolute Gasteiger partial charge is 0.481 e. The molecule has 0 amide bonds. The van der Waals surface area contributed by atoms with Gasteiger partial charge in [-0.05, 0) is 0 Å². The Labute approximate surface area is 563 Å². The Balaban J connectivity index is -0.000000137. The van der Waals surface area contributed by atoms with Gasteiger partial charge in [-0.2, -0.15) is 67.3 Å². The quantitative estimate of drug-likeness (QED) is 0.0527. The molecule has 0 aromatic heterocycles. The minimum Gasteiger partial charge on any atom is -0.481 e. The maximum absolute atomic E-state index is 12.9. The van der Waals surface area contributed by atoms with Crippen LogP contribution in [0.2, 0.25) is 0 Å². The van der Waals surface area contributed by atoms with Gasteiger partial charge in [-0.15, -0.1) is 0 Å². The summed E-state index contributed by atoms with van der Waals surface area (Å²) in [5, 5.41) is 24.1. The molecule has 0 aromatic rings. The van der Waals surface area contributed by atoms with E-state index >= 15 is 0 Å². The van der Waals surface area contributed by atoms with E-state index in [0.29, 0.717) is 0 Å². The van der Waals surface area contributed by atoms with E-state index in [4.69, 9.17) is 50.4 Å². The minimum atomic E-state index is -5.67. The molecule has 0 aliphatic carbocycles. The van der Waals surface area contributed by atoms with Crippen LogP contribution in [0.5, 0.6) is 0 Å². The minimum absolute atomic E-state index is 0. The first-order chi connectivity index (χ1) is 32.7. The normalized spacial score (nSPS) is 21.5. The number of hydrogen-bond acceptors (Lipinski definition) is 38. The van der Waals surface area contributed by atoms with Crippen molar-refractivity contribution in [1.29, 1.82) is 0 Å². The van der Waals surface area contributed by atoms with E-state index in [2.05, 4.69) is 38.4 Å². The van der Waals surface area contributed by atoms with Crippen molar-refractivity contribution >= 4 is 228 Å². The van der Waals surface area contributed by atoms with E-state index in [0.717, 1.165) is 99.7 Å². The van der Waals surface area contributed by atoms with Crippen molar-refractivity contribution in [2.24, 2.45) is 0 Å². The molecule has 0 bridgehead atoms. The molecule has 2 heterocycles. The van der Waals surface area contributed by atoms with Gasteiger partial charge < -0.3 is 143 Å². The fourth-order valence-electron chi connectivity index (χ4n) is 4.66. The highest BCUT2D eigenvalue weighted by Crippen LogP contribution is 2.43. The smallest absolute Gasteiger partial charge is 0.408 e. The van der Waals surface area contributed by atoms with Crippen molar-refractivity contribution < 1.29 is 253 Å². The zero-order valence-corrected chi connectivity index (χ0v) is 57.6. The molecule has 2 saturated heterocycles. The summed E-state index contributed by atoms with van der Waals surface area (Å²) in [5.74, 6) is -6.64. The summed E-state index contributed by atoms with van der Waals surface area (Å²) in [6.07, 6.45) is -25.9. The summed E-state index contributed by atoms with van der Waals surface area (Å²) in [6.45, 7) is -5.31. The van der Waals surface area contributed by atoms with Gasteiger partial charge in [0.2, 0.25) is 5.79 Å².